The molecule has 2 fully saturated rings. The Kier molecular flexibility index (Phi) is 3.70. The lowest BCUT2D eigenvalue weighted by Crippen LogP contribution is -2.44. The van der Waals surface area contributed by atoms with Gasteiger partial charge in [-0.05, 0) is 51.9 Å². The lowest BCUT2D eigenvalue weighted by atomic mass is 9.77. The number of hydrogen-bond donors (Lipinski definition) is 1. The van der Waals surface area contributed by atoms with Crippen LogP contribution in [0.4, 0.5) is 0 Å². The Balaban J connectivity index is 2.08. The van der Waals surface area contributed by atoms with E-state index in [0.717, 1.165) is 25.7 Å². The van der Waals surface area contributed by atoms with Crippen LogP contribution >= 0.6 is 0 Å². The van der Waals surface area contributed by atoms with E-state index in [2.05, 4.69) is 13.8 Å². The molecule has 1 aliphatic heterocycles. The average molecular weight is 255 g/mol. The molecule has 4 heteroatoms. The monoisotopic (exact) mass is 255 g/mol. The largest absolute Gasteiger partial charge is 0.469 e. The molecule has 0 spiro atoms. The second-order valence-electron chi connectivity index (χ2n) is 6.37. The van der Waals surface area contributed by atoms with Crippen LogP contribution in [-0.2, 0) is 14.3 Å². The molecule has 4 nitrogen and oxygen atoms in total. The molecule has 0 amide bonds. The average Bonchev–Trinajstić information content (AvgIpc) is 3.11. The first kappa shape index (κ1) is 13.8. The Hall–Kier alpha value is -0.610. The highest BCUT2D eigenvalue weighted by atomic mass is 16.5. The maximum Gasteiger partial charge on any atom is 0.313 e. The van der Waals surface area contributed by atoms with Crippen LogP contribution in [0.2, 0.25) is 0 Å². The highest BCUT2D eigenvalue weighted by Gasteiger charge is 2.53. The van der Waals surface area contributed by atoms with Gasteiger partial charge < -0.3 is 15.2 Å². The minimum atomic E-state index is -0.514. The molecule has 2 rings (SSSR count). The summed E-state index contributed by atoms with van der Waals surface area (Å²) in [4.78, 5) is 12.1. The van der Waals surface area contributed by atoms with Gasteiger partial charge in [0, 0.05) is 6.54 Å². The molecule has 0 bridgehead atoms. The molecule has 0 radical (unpaired) electrons. The van der Waals surface area contributed by atoms with Crippen molar-refractivity contribution in [3.05, 3.63) is 0 Å². The topological polar surface area (TPSA) is 61.5 Å². The number of methoxy groups -OCH3 is 1. The Morgan fingerprint density at radius 3 is 2.50 bits per heavy atom. The fourth-order valence-electron chi connectivity index (χ4n) is 3.22. The molecule has 1 aliphatic carbocycles. The number of carbonyl (C=O) groups is 1. The molecule has 2 unspecified atom stereocenters. The normalized spacial score (nSPS) is 29.9. The molecule has 1 saturated heterocycles. The lowest BCUT2D eigenvalue weighted by Gasteiger charge is -2.32. The van der Waals surface area contributed by atoms with Crippen LogP contribution < -0.4 is 5.73 Å². The Morgan fingerprint density at radius 1 is 1.44 bits per heavy atom. The fourth-order valence-corrected chi connectivity index (χ4v) is 3.22. The van der Waals surface area contributed by atoms with Crippen LogP contribution in [0.5, 0.6) is 0 Å². The van der Waals surface area contributed by atoms with Gasteiger partial charge in [0.25, 0.3) is 0 Å². The summed E-state index contributed by atoms with van der Waals surface area (Å²) in [6.07, 6.45) is 5.08. The van der Waals surface area contributed by atoms with Gasteiger partial charge in [0.05, 0.1) is 24.2 Å². The molecule has 18 heavy (non-hydrogen) atoms. The van der Waals surface area contributed by atoms with Crippen LogP contribution in [0.15, 0.2) is 0 Å². The van der Waals surface area contributed by atoms with Gasteiger partial charge in [-0.25, -0.2) is 0 Å². The Morgan fingerprint density at radius 2 is 2.11 bits per heavy atom. The molecule has 104 valence electrons. The highest BCUT2D eigenvalue weighted by Crippen LogP contribution is 2.50. The molecule has 2 aliphatic rings. The molecule has 0 aromatic heterocycles. The van der Waals surface area contributed by atoms with E-state index in [0.29, 0.717) is 18.9 Å². The summed E-state index contributed by atoms with van der Waals surface area (Å²) >= 11 is 0. The van der Waals surface area contributed by atoms with Gasteiger partial charge in [0.1, 0.15) is 0 Å². The van der Waals surface area contributed by atoms with E-state index in [9.17, 15) is 4.79 Å². The van der Waals surface area contributed by atoms with Crippen molar-refractivity contribution in [1.29, 1.82) is 0 Å². The summed E-state index contributed by atoms with van der Waals surface area (Å²) in [7, 11) is 1.45. The van der Waals surface area contributed by atoms with Crippen molar-refractivity contribution in [2.45, 2.75) is 57.7 Å². The smallest absolute Gasteiger partial charge is 0.313 e. The number of rotatable bonds is 5. The summed E-state index contributed by atoms with van der Waals surface area (Å²) in [6, 6.07) is 0. The van der Waals surface area contributed by atoms with Crippen LogP contribution in [0, 0.1) is 11.3 Å². The van der Waals surface area contributed by atoms with Gasteiger partial charge in [-0.15, -0.1) is 0 Å². The van der Waals surface area contributed by atoms with Crippen LogP contribution in [-0.4, -0.2) is 31.3 Å². The molecule has 2 atom stereocenters. The maximum absolute atomic E-state index is 12.1. The van der Waals surface area contributed by atoms with Crippen molar-refractivity contribution >= 4 is 5.97 Å². The summed E-state index contributed by atoms with van der Waals surface area (Å²) in [6.45, 7) is 4.57. The number of carbonyl (C=O) groups excluding carboxylic acids is 1. The van der Waals surface area contributed by atoms with E-state index in [1.54, 1.807) is 0 Å². The van der Waals surface area contributed by atoms with Gasteiger partial charge in [-0.3, -0.25) is 4.79 Å². The molecular formula is C14H25NO3. The third-order valence-electron chi connectivity index (χ3n) is 4.46. The number of esters is 1. The van der Waals surface area contributed by atoms with Crippen LogP contribution in [0.1, 0.15) is 46.0 Å². The zero-order valence-electron chi connectivity index (χ0n) is 11.7. The van der Waals surface area contributed by atoms with E-state index in [1.165, 1.54) is 7.11 Å². The second kappa shape index (κ2) is 4.82. The summed E-state index contributed by atoms with van der Waals surface area (Å²) in [5.41, 5.74) is 5.34. The van der Waals surface area contributed by atoms with Crippen molar-refractivity contribution in [2.24, 2.45) is 17.1 Å². The SMILES string of the molecule is COC(=O)C(CN)(CC1CCC(C)(C)O1)C1CC1. The number of hydrogen-bond acceptors (Lipinski definition) is 4. The van der Waals surface area contributed by atoms with Crippen LogP contribution in [0.3, 0.4) is 0 Å². The van der Waals surface area contributed by atoms with E-state index in [1.807, 2.05) is 0 Å². The molecular weight excluding hydrogens is 230 g/mol. The van der Waals surface area contributed by atoms with Crippen molar-refractivity contribution in [2.75, 3.05) is 13.7 Å². The minimum absolute atomic E-state index is 0.0648. The number of ether oxygens (including phenoxy) is 2. The third-order valence-corrected chi connectivity index (χ3v) is 4.46. The zero-order chi connectivity index (χ0) is 13.4. The molecule has 1 saturated carbocycles. The second-order valence-corrected chi connectivity index (χ2v) is 6.37. The minimum Gasteiger partial charge on any atom is -0.469 e. The van der Waals surface area contributed by atoms with E-state index in [4.69, 9.17) is 15.2 Å². The summed E-state index contributed by atoms with van der Waals surface area (Å²) in [5.74, 6) is 0.239. The van der Waals surface area contributed by atoms with Crippen molar-refractivity contribution < 1.29 is 14.3 Å². The van der Waals surface area contributed by atoms with E-state index < -0.39 is 5.41 Å². The first-order valence-electron chi connectivity index (χ1n) is 6.90. The molecule has 2 N–H and O–H groups in total. The molecule has 0 aromatic carbocycles. The van der Waals surface area contributed by atoms with Crippen molar-refractivity contribution in [3.8, 4) is 0 Å². The Bertz CT molecular complexity index is 325. The summed E-state index contributed by atoms with van der Waals surface area (Å²) < 4.78 is 11.0. The predicted octanol–water partition coefficient (Wildman–Crippen LogP) is 1.86. The predicted molar refractivity (Wildman–Crippen MR) is 69.0 cm³/mol. The molecule has 1 heterocycles. The summed E-state index contributed by atoms with van der Waals surface area (Å²) in [5, 5.41) is 0. The van der Waals surface area contributed by atoms with Gasteiger partial charge >= 0.3 is 5.97 Å². The Labute approximate surface area is 109 Å². The highest BCUT2D eigenvalue weighted by molar-refractivity contribution is 5.78. The standard InChI is InChI=1S/C14H25NO3/c1-13(2)7-6-11(18-13)8-14(9-15,10-4-5-10)12(16)17-3/h10-11H,4-9,15H2,1-3H3. The van der Waals surface area contributed by atoms with Gasteiger partial charge in [0.15, 0.2) is 0 Å². The quantitative estimate of drug-likeness (QED) is 0.762. The van der Waals surface area contributed by atoms with Crippen LogP contribution in [0.25, 0.3) is 0 Å². The maximum atomic E-state index is 12.1. The zero-order valence-corrected chi connectivity index (χ0v) is 11.7. The first-order valence-corrected chi connectivity index (χ1v) is 6.90. The van der Waals surface area contributed by atoms with Crippen molar-refractivity contribution in [1.82, 2.24) is 0 Å². The third kappa shape index (κ3) is 2.54. The van der Waals surface area contributed by atoms with E-state index in [-0.39, 0.29) is 17.7 Å². The van der Waals surface area contributed by atoms with E-state index >= 15 is 0 Å². The molecule has 0 aromatic rings. The van der Waals surface area contributed by atoms with Gasteiger partial charge in [-0.2, -0.15) is 0 Å². The van der Waals surface area contributed by atoms with Gasteiger partial charge in [-0.1, -0.05) is 0 Å². The fraction of sp³-hybridized carbons (Fsp3) is 0.929. The van der Waals surface area contributed by atoms with Gasteiger partial charge in [0.2, 0.25) is 0 Å². The van der Waals surface area contributed by atoms with Crippen molar-refractivity contribution in [3.63, 3.8) is 0 Å². The lowest BCUT2D eigenvalue weighted by molar-refractivity contribution is -0.157. The number of nitrogens with two attached hydrogens (primary N) is 1. The first-order chi connectivity index (χ1) is 8.43.